The zero-order valence-corrected chi connectivity index (χ0v) is 12.5. The molecule has 0 atom stereocenters. The Balaban J connectivity index is 2.40. The molecule has 0 aliphatic heterocycles. The molecule has 0 aliphatic rings. The molecule has 2 amide bonds. The lowest BCUT2D eigenvalue weighted by Crippen LogP contribution is -2.38. The van der Waals surface area contributed by atoms with Gasteiger partial charge in [-0.3, -0.25) is 4.79 Å². The summed E-state index contributed by atoms with van der Waals surface area (Å²) in [5.41, 5.74) is 0. The molecular weight excluding hydrogens is 288 g/mol. The number of aliphatic carboxylic acids is 1. The summed E-state index contributed by atoms with van der Waals surface area (Å²) in [5.74, 6) is -0.845. The Morgan fingerprint density at radius 2 is 2.00 bits per heavy atom. The minimum atomic E-state index is -0.845. The van der Waals surface area contributed by atoms with Gasteiger partial charge in [0.15, 0.2) is 0 Å². The molecule has 5 nitrogen and oxygen atoms in total. The van der Waals surface area contributed by atoms with Crippen LogP contribution >= 0.6 is 22.9 Å². The van der Waals surface area contributed by atoms with Gasteiger partial charge in [0.1, 0.15) is 0 Å². The number of thiophene rings is 1. The van der Waals surface area contributed by atoms with E-state index in [1.165, 1.54) is 16.2 Å². The normalized spacial score (nSPS) is 10.3. The van der Waals surface area contributed by atoms with E-state index < -0.39 is 5.97 Å². The maximum Gasteiger partial charge on any atom is 0.319 e. The molecule has 0 bridgehead atoms. The highest BCUT2D eigenvalue weighted by atomic mass is 35.5. The van der Waals surface area contributed by atoms with Gasteiger partial charge in [-0.2, -0.15) is 0 Å². The van der Waals surface area contributed by atoms with Crippen molar-refractivity contribution in [3.8, 4) is 0 Å². The van der Waals surface area contributed by atoms with Crippen molar-refractivity contribution >= 4 is 34.9 Å². The van der Waals surface area contributed by atoms with E-state index in [9.17, 15) is 9.59 Å². The number of halogens is 1. The molecule has 0 fully saturated rings. The van der Waals surface area contributed by atoms with Crippen molar-refractivity contribution in [2.75, 3.05) is 20.6 Å². The largest absolute Gasteiger partial charge is 0.481 e. The van der Waals surface area contributed by atoms with Gasteiger partial charge in [-0.1, -0.05) is 11.6 Å². The third kappa shape index (κ3) is 5.48. The molecule has 1 aromatic rings. The maximum absolute atomic E-state index is 12.0. The van der Waals surface area contributed by atoms with Crippen LogP contribution in [0.3, 0.4) is 0 Å². The molecule has 1 N–H and O–H groups in total. The van der Waals surface area contributed by atoms with Crippen molar-refractivity contribution in [1.82, 2.24) is 9.80 Å². The van der Waals surface area contributed by atoms with Crippen molar-refractivity contribution in [1.29, 1.82) is 0 Å². The predicted molar refractivity (Wildman–Crippen MR) is 75.7 cm³/mol. The molecule has 0 aliphatic carbocycles. The monoisotopic (exact) mass is 304 g/mol. The number of rotatable bonds is 6. The van der Waals surface area contributed by atoms with Gasteiger partial charge >= 0.3 is 12.0 Å². The summed E-state index contributed by atoms with van der Waals surface area (Å²) in [6.07, 6.45) is 0.526. The highest BCUT2D eigenvalue weighted by Crippen LogP contribution is 2.22. The summed E-state index contributed by atoms with van der Waals surface area (Å²) < 4.78 is 0.700. The second-order valence-electron chi connectivity index (χ2n) is 4.26. The molecule has 0 saturated heterocycles. The minimum Gasteiger partial charge on any atom is -0.481 e. The van der Waals surface area contributed by atoms with Crippen molar-refractivity contribution < 1.29 is 14.7 Å². The molecule has 1 rings (SSSR count). The quantitative estimate of drug-likeness (QED) is 0.879. The van der Waals surface area contributed by atoms with E-state index in [1.54, 1.807) is 25.1 Å². The van der Waals surface area contributed by atoms with Gasteiger partial charge in [-0.15, -0.1) is 11.3 Å². The van der Waals surface area contributed by atoms with Crippen LogP contribution in [0.4, 0.5) is 4.79 Å². The summed E-state index contributed by atoms with van der Waals surface area (Å²) in [6.45, 7) is 0.931. The summed E-state index contributed by atoms with van der Waals surface area (Å²) in [4.78, 5) is 26.5. The molecule has 0 saturated carbocycles. The Hall–Kier alpha value is -1.27. The number of urea groups is 1. The number of carboxylic acids is 1. The van der Waals surface area contributed by atoms with Gasteiger partial charge in [0.05, 0.1) is 10.9 Å². The van der Waals surface area contributed by atoms with Crippen molar-refractivity contribution in [2.24, 2.45) is 0 Å². The van der Waals surface area contributed by atoms with Gasteiger partial charge in [0.2, 0.25) is 0 Å². The van der Waals surface area contributed by atoms with Gasteiger partial charge < -0.3 is 14.9 Å². The Morgan fingerprint density at radius 1 is 1.32 bits per heavy atom. The summed E-state index contributed by atoms with van der Waals surface area (Å²) in [6, 6.07) is 3.56. The third-order valence-corrected chi connectivity index (χ3v) is 3.78. The number of hydrogen-bond acceptors (Lipinski definition) is 3. The van der Waals surface area contributed by atoms with Crippen molar-refractivity contribution in [3.05, 3.63) is 21.3 Å². The molecule has 0 radical (unpaired) electrons. The molecule has 106 valence electrons. The van der Waals surface area contributed by atoms with Gasteiger partial charge in [0.25, 0.3) is 0 Å². The number of hydrogen-bond donors (Lipinski definition) is 1. The average Bonchev–Trinajstić information content (AvgIpc) is 2.73. The first-order chi connectivity index (χ1) is 8.90. The Bertz CT molecular complexity index is 450. The number of amides is 2. The highest BCUT2D eigenvalue weighted by Gasteiger charge is 2.15. The lowest BCUT2D eigenvalue weighted by molar-refractivity contribution is -0.137. The van der Waals surface area contributed by atoms with E-state index >= 15 is 0 Å². The molecule has 19 heavy (non-hydrogen) atoms. The highest BCUT2D eigenvalue weighted by molar-refractivity contribution is 7.16. The van der Waals surface area contributed by atoms with E-state index in [-0.39, 0.29) is 12.5 Å². The Labute approximate surface area is 121 Å². The van der Waals surface area contributed by atoms with Crippen LogP contribution in [0.5, 0.6) is 0 Å². The fraction of sp³-hybridized carbons (Fsp3) is 0.500. The fourth-order valence-corrected chi connectivity index (χ4v) is 2.73. The average molecular weight is 305 g/mol. The van der Waals surface area contributed by atoms with Crippen LogP contribution in [0.15, 0.2) is 12.1 Å². The first-order valence-corrected chi connectivity index (χ1v) is 7.02. The van der Waals surface area contributed by atoms with E-state index in [0.717, 1.165) is 4.88 Å². The summed E-state index contributed by atoms with van der Waals surface area (Å²) in [5, 5.41) is 8.55. The molecule has 0 spiro atoms. The summed E-state index contributed by atoms with van der Waals surface area (Å²) in [7, 11) is 3.38. The first-order valence-electron chi connectivity index (χ1n) is 5.82. The Kier molecular flexibility index (Phi) is 6.11. The van der Waals surface area contributed by atoms with Crippen LogP contribution in [0, 0.1) is 0 Å². The topological polar surface area (TPSA) is 60.9 Å². The smallest absolute Gasteiger partial charge is 0.319 e. The van der Waals surface area contributed by atoms with Gasteiger partial charge in [0, 0.05) is 31.9 Å². The van der Waals surface area contributed by atoms with Crippen molar-refractivity contribution in [3.63, 3.8) is 0 Å². The van der Waals surface area contributed by atoms with Crippen LogP contribution in [-0.2, 0) is 11.3 Å². The molecular formula is C12H17ClN2O3S. The molecule has 0 unspecified atom stereocenters. The predicted octanol–water partition coefficient (Wildman–Crippen LogP) is 2.75. The second-order valence-corrected chi connectivity index (χ2v) is 6.06. The molecule has 1 heterocycles. The lowest BCUT2D eigenvalue weighted by Gasteiger charge is -2.24. The van der Waals surface area contributed by atoms with Crippen LogP contribution in [-0.4, -0.2) is 47.5 Å². The first kappa shape index (κ1) is 15.8. The Morgan fingerprint density at radius 3 is 2.53 bits per heavy atom. The number of carboxylic acid groups (broad SMARTS) is 1. The number of carbonyl (C=O) groups is 2. The number of carbonyl (C=O) groups excluding carboxylic acids is 1. The van der Waals surface area contributed by atoms with Crippen LogP contribution in [0.25, 0.3) is 0 Å². The molecule has 0 aromatic carbocycles. The van der Waals surface area contributed by atoms with Crippen LogP contribution in [0.1, 0.15) is 17.7 Å². The van der Waals surface area contributed by atoms with Crippen LogP contribution in [0.2, 0.25) is 4.34 Å². The molecule has 7 heteroatoms. The zero-order chi connectivity index (χ0) is 14.4. The fourth-order valence-electron chi connectivity index (χ4n) is 1.59. The van der Waals surface area contributed by atoms with Gasteiger partial charge in [-0.05, 0) is 18.6 Å². The third-order valence-electron chi connectivity index (χ3n) is 2.56. The number of nitrogens with zero attached hydrogens (tertiary/aromatic N) is 2. The van der Waals surface area contributed by atoms with Crippen LogP contribution < -0.4 is 0 Å². The van der Waals surface area contributed by atoms with Gasteiger partial charge in [-0.25, -0.2) is 4.79 Å². The minimum absolute atomic E-state index is 0.0713. The standard InChI is InChI=1S/C12H17ClN2O3S/c1-14(7-3-4-11(16)17)12(18)15(2)8-9-5-6-10(13)19-9/h5-6H,3-4,7-8H2,1-2H3,(H,16,17). The summed E-state index contributed by atoms with van der Waals surface area (Å²) >= 11 is 7.28. The van der Waals surface area contributed by atoms with Crippen molar-refractivity contribution in [2.45, 2.75) is 19.4 Å². The molecule has 1 aromatic heterocycles. The van der Waals surface area contributed by atoms with E-state index in [4.69, 9.17) is 16.7 Å². The lowest BCUT2D eigenvalue weighted by atomic mass is 10.3. The SMILES string of the molecule is CN(CCCC(=O)O)C(=O)N(C)Cc1ccc(Cl)s1. The second kappa shape index (κ2) is 7.35. The maximum atomic E-state index is 12.0. The van der Waals surface area contributed by atoms with E-state index in [0.29, 0.717) is 23.8 Å². The van der Waals surface area contributed by atoms with E-state index in [1.807, 2.05) is 6.07 Å². The van der Waals surface area contributed by atoms with E-state index in [2.05, 4.69) is 0 Å². The zero-order valence-electron chi connectivity index (χ0n) is 10.9.